The lowest BCUT2D eigenvalue weighted by molar-refractivity contribution is 0.171. The van der Waals surface area contributed by atoms with E-state index in [1.54, 1.807) is 18.2 Å². The van der Waals surface area contributed by atoms with Crippen LogP contribution in [0.25, 0.3) is 0 Å². The van der Waals surface area contributed by atoms with E-state index in [-0.39, 0.29) is 6.03 Å². The maximum Gasteiger partial charge on any atom is 0.319 e. The molecule has 2 aliphatic rings. The molecule has 4 rings (SSSR count). The molecule has 1 aliphatic carbocycles. The van der Waals surface area contributed by atoms with E-state index in [4.69, 9.17) is 9.47 Å². The number of ether oxygens (including phenoxy) is 2. The van der Waals surface area contributed by atoms with Crippen molar-refractivity contribution >= 4 is 11.7 Å². The number of hydrogen-bond donors (Lipinski definition) is 2. The Morgan fingerprint density at radius 1 is 1.12 bits per heavy atom. The molecule has 2 N–H and O–H groups in total. The molecular formula is C19H22N4O3. The number of urea groups is 1. The molecule has 1 aromatic carbocycles. The summed E-state index contributed by atoms with van der Waals surface area (Å²) >= 11 is 0. The van der Waals surface area contributed by atoms with Gasteiger partial charge in [0, 0.05) is 23.1 Å². The zero-order valence-electron chi connectivity index (χ0n) is 14.8. The summed E-state index contributed by atoms with van der Waals surface area (Å²) < 4.78 is 11.0. The summed E-state index contributed by atoms with van der Waals surface area (Å²) in [6.45, 7) is 3.37. The molecule has 0 radical (unpaired) electrons. The van der Waals surface area contributed by atoms with Crippen LogP contribution in [0.4, 0.5) is 10.5 Å². The predicted octanol–water partition coefficient (Wildman–Crippen LogP) is 2.76. The number of fused-ring (bicyclic) bond motifs is 2. The van der Waals surface area contributed by atoms with Gasteiger partial charge in [0.1, 0.15) is 19.0 Å². The van der Waals surface area contributed by atoms with Crippen molar-refractivity contribution in [3.63, 3.8) is 0 Å². The van der Waals surface area contributed by atoms with E-state index < -0.39 is 0 Å². The molecule has 2 aromatic rings. The second-order valence-electron chi connectivity index (χ2n) is 6.52. The van der Waals surface area contributed by atoms with Gasteiger partial charge in [0.2, 0.25) is 0 Å². The standard InChI is InChI=1S/C19H22N4O3/c1-12-14-4-2-3-5-15(14)23-18(21-12)11-20-19(24)22-13-6-7-16-17(10-13)26-9-8-25-16/h6-7,10H,2-5,8-9,11H2,1H3,(H2,20,22,24). The van der Waals surface area contributed by atoms with E-state index in [2.05, 4.69) is 20.6 Å². The first-order valence-corrected chi connectivity index (χ1v) is 8.99. The maximum atomic E-state index is 12.2. The van der Waals surface area contributed by atoms with Crippen molar-refractivity contribution in [2.24, 2.45) is 0 Å². The molecule has 0 spiro atoms. The van der Waals surface area contributed by atoms with Gasteiger partial charge >= 0.3 is 6.03 Å². The lowest BCUT2D eigenvalue weighted by Crippen LogP contribution is -2.29. The van der Waals surface area contributed by atoms with Gasteiger partial charge in [0.15, 0.2) is 11.5 Å². The van der Waals surface area contributed by atoms with Gasteiger partial charge in [0.05, 0.1) is 6.54 Å². The van der Waals surface area contributed by atoms with E-state index in [0.29, 0.717) is 42.8 Å². The maximum absolute atomic E-state index is 12.2. The minimum absolute atomic E-state index is 0.296. The molecule has 1 aliphatic heterocycles. The fraction of sp³-hybridized carbons (Fsp3) is 0.421. The van der Waals surface area contributed by atoms with Crippen molar-refractivity contribution in [2.75, 3.05) is 18.5 Å². The highest BCUT2D eigenvalue weighted by atomic mass is 16.6. The SMILES string of the molecule is Cc1nc(CNC(=O)Nc2ccc3c(c2)OCCO3)nc2c1CCCC2. The average molecular weight is 354 g/mol. The summed E-state index contributed by atoms with van der Waals surface area (Å²) in [6.07, 6.45) is 4.42. The summed E-state index contributed by atoms with van der Waals surface area (Å²) in [7, 11) is 0. The first-order chi connectivity index (χ1) is 12.7. The number of hydrogen-bond acceptors (Lipinski definition) is 5. The number of benzene rings is 1. The Labute approximate surface area is 152 Å². The molecule has 136 valence electrons. The van der Waals surface area contributed by atoms with E-state index in [9.17, 15) is 4.79 Å². The quantitative estimate of drug-likeness (QED) is 0.885. The predicted molar refractivity (Wildman–Crippen MR) is 96.7 cm³/mol. The fourth-order valence-electron chi connectivity index (χ4n) is 3.38. The van der Waals surface area contributed by atoms with Crippen LogP contribution < -0.4 is 20.1 Å². The zero-order valence-corrected chi connectivity index (χ0v) is 14.8. The van der Waals surface area contributed by atoms with Crippen LogP contribution in [0.15, 0.2) is 18.2 Å². The van der Waals surface area contributed by atoms with E-state index in [1.165, 1.54) is 18.4 Å². The largest absolute Gasteiger partial charge is 0.486 e. The van der Waals surface area contributed by atoms with E-state index in [1.807, 2.05) is 6.92 Å². The van der Waals surface area contributed by atoms with Crippen molar-refractivity contribution in [3.05, 3.63) is 41.0 Å². The lowest BCUT2D eigenvalue weighted by Gasteiger charge is -2.19. The van der Waals surface area contributed by atoms with Crippen LogP contribution in [-0.2, 0) is 19.4 Å². The third-order valence-corrected chi connectivity index (χ3v) is 4.64. The van der Waals surface area contributed by atoms with Gasteiger partial charge < -0.3 is 20.1 Å². The number of nitrogens with zero attached hydrogens (tertiary/aromatic N) is 2. The van der Waals surface area contributed by atoms with Crippen molar-refractivity contribution in [1.82, 2.24) is 15.3 Å². The molecule has 1 aromatic heterocycles. The van der Waals surface area contributed by atoms with Crippen LogP contribution in [0.5, 0.6) is 11.5 Å². The number of carbonyl (C=O) groups is 1. The smallest absolute Gasteiger partial charge is 0.319 e. The molecule has 2 heterocycles. The Bertz CT molecular complexity index is 838. The normalized spacial score (nSPS) is 15.1. The van der Waals surface area contributed by atoms with Crippen LogP contribution in [0.3, 0.4) is 0 Å². The van der Waals surface area contributed by atoms with Crippen LogP contribution in [0.1, 0.15) is 35.6 Å². The minimum Gasteiger partial charge on any atom is -0.486 e. The molecule has 2 amide bonds. The third-order valence-electron chi connectivity index (χ3n) is 4.64. The second kappa shape index (κ2) is 7.19. The molecule has 0 saturated carbocycles. The second-order valence-corrected chi connectivity index (χ2v) is 6.52. The van der Waals surface area contributed by atoms with Crippen molar-refractivity contribution in [2.45, 2.75) is 39.2 Å². The van der Waals surface area contributed by atoms with Crippen molar-refractivity contribution < 1.29 is 14.3 Å². The third kappa shape index (κ3) is 3.56. The Kier molecular flexibility index (Phi) is 4.60. The van der Waals surface area contributed by atoms with E-state index in [0.717, 1.165) is 24.2 Å². The van der Waals surface area contributed by atoms with Gasteiger partial charge in [-0.3, -0.25) is 0 Å². The van der Waals surface area contributed by atoms with Crippen LogP contribution in [-0.4, -0.2) is 29.2 Å². The van der Waals surface area contributed by atoms with Gasteiger partial charge in [0.25, 0.3) is 0 Å². The van der Waals surface area contributed by atoms with Crippen molar-refractivity contribution in [1.29, 1.82) is 0 Å². The Hall–Kier alpha value is -2.83. The molecule has 0 atom stereocenters. The Balaban J connectivity index is 1.38. The van der Waals surface area contributed by atoms with Crippen LogP contribution in [0.2, 0.25) is 0 Å². The number of aromatic nitrogens is 2. The van der Waals surface area contributed by atoms with Gasteiger partial charge in [-0.2, -0.15) is 0 Å². The summed E-state index contributed by atoms with van der Waals surface area (Å²) in [4.78, 5) is 21.3. The topological polar surface area (TPSA) is 85.4 Å². The Morgan fingerprint density at radius 3 is 2.81 bits per heavy atom. The number of rotatable bonds is 3. The molecule has 7 nitrogen and oxygen atoms in total. The number of amides is 2. The highest BCUT2D eigenvalue weighted by molar-refractivity contribution is 5.89. The monoisotopic (exact) mass is 354 g/mol. The number of aryl methyl sites for hydroxylation is 2. The highest BCUT2D eigenvalue weighted by Gasteiger charge is 2.16. The molecule has 0 fully saturated rings. The number of nitrogens with one attached hydrogen (secondary N) is 2. The molecule has 0 saturated heterocycles. The average Bonchev–Trinajstić information content (AvgIpc) is 2.66. The molecule has 7 heteroatoms. The molecule has 0 bridgehead atoms. The van der Waals surface area contributed by atoms with Gasteiger partial charge in [-0.05, 0) is 50.3 Å². The van der Waals surface area contributed by atoms with Gasteiger partial charge in [-0.15, -0.1) is 0 Å². The van der Waals surface area contributed by atoms with E-state index >= 15 is 0 Å². The highest BCUT2D eigenvalue weighted by Crippen LogP contribution is 2.32. The van der Waals surface area contributed by atoms with Gasteiger partial charge in [-0.1, -0.05) is 0 Å². The molecule has 26 heavy (non-hydrogen) atoms. The summed E-state index contributed by atoms with van der Waals surface area (Å²) in [6, 6.07) is 5.03. The lowest BCUT2D eigenvalue weighted by atomic mass is 9.95. The van der Waals surface area contributed by atoms with Crippen LogP contribution in [0, 0.1) is 6.92 Å². The van der Waals surface area contributed by atoms with Crippen LogP contribution >= 0.6 is 0 Å². The summed E-state index contributed by atoms with van der Waals surface area (Å²) in [5.74, 6) is 1.99. The van der Waals surface area contributed by atoms with Gasteiger partial charge in [-0.25, -0.2) is 14.8 Å². The molecule has 0 unspecified atom stereocenters. The number of carbonyl (C=O) groups excluding carboxylic acids is 1. The fourth-order valence-corrected chi connectivity index (χ4v) is 3.38. The summed E-state index contributed by atoms with van der Waals surface area (Å²) in [5, 5.41) is 5.61. The summed E-state index contributed by atoms with van der Waals surface area (Å²) in [5.41, 5.74) is 4.08. The molecular weight excluding hydrogens is 332 g/mol. The minimum atomic E-state index is -0.305. The number of anilines is 1. The van der Waals surface area contributed by atoms with Crippen molar-refractivity contribution in [3.8, 4) is 11.5 Å². The first-order valence-electron chi connectivity index (χ1n) is 8.99. The first kappa shape index (κ1) is 16.6. The Morgan fingerprint density at radius 2 is 1.92 bits per heavy atom. The zero-order chi connectivity index (χ0) is 17.9.